The summed E-state index contributed by atoms with van der Waals surface area (Å²) < 4.78 is 17.2. The third-order valence-corrected chi connectivity index (χ3v) is 6.45. The van der Waals surface area contributed by atoms with Crippen molar-refractivity contribution in [3.05, 3.63) is 0 Å². The van der Waals surface area contributed by atoms with Crippen molar-refractivity contribution in [3.8, 4) is 0 Å². The number of hydrogen-bond donors (Lipinski definition) is 3. The van der Waals surface area contributed by atoms with Crippen molar-refractivity contribution in [3.63, 3.8) is 0 Å². The number of urea groups is 1. The van der Waals surface area contributed by atoms with Gasteiger partial charge in [-0.2, -0.15) is 0 Å². The van der Waals surface area contributed by atoms with Gasteiger partial charge in [0.05, 0.1) is 19.3 Å². The molecule has 3 amide bonds. The average Bonchev–Trinajstić information content (AvgIpc) is 3.27. The van der Waals surface area contributed by atoms with E-state index in [1.165, 1.54) is 25.7 Å². The van der Waals surface area contributed by atoms with Gasteiger partial charge in [0.15, 0.2) is 6.10 Å². The zero-order valence-corrected chi connectivity index (χ0v) is 16.5. The predicted molar refractivity (Wildman–Crippen MR) is 102 cm³/mol. The van der Waals surface area contributed by atoms with Crippen LogP contribution in [0.3, 0.4) is 0 Å². The van der Waals surface area contributed by atoms with Crippen LogP contribution < -0.4 is 16.0 Å². The van der Waals surface area contributed by atoms with Crippen molar-refractivity contribution in [1.82, 2.24) is 16.0 Å². The maximum atomic E-state index is 12.3. The molecule has 2 aliphatic carbocycles. The third-order valence-electron chi connectivity index (χ3n) is 6.45. The van der Waals surface area contributed by atoms with Crippen molar-refractivity contribution in [2.45, 2.75) is 101 Å². The molecule has 4 fully saturated rings. The van der Waals surface area contributed by atoms with Crippen molar-refractivity contribution in [2.75, 3.05) is 13.2 Å². The van der Waals surface area contributed by atoms with E-state index in [4.69, 9.17) is 14.2 Å². The molecule has 4 aliphatic rings. The van der Waals surface area contributed by atoms with Crippen LogP contribution in [0.1, 0.15) is 64.2 Å². The molecule has 0 aromatic carbocycles. The minimum absolute atomic E-state index is 0.163. The number of alkyl carbamates (subject to hydrolysis) is 1. The van der Waals surface area contributed by atoms with E-state index in [0.717, 1.165) is 38.5 Å². The molecule has 4 rings (SSSR count). The van der Waals surface area contributed by atoms with Crippen LogP contribution in [-0.2, 0) is 14.2 Å². The van der Waals surface area contributed by atoms with Crippen LogP contribution >= 0.6 is 0 Å². The molecule has 0 spiro atoms. The second kappa shape index (κ2) is 9.31. The highest BCUT2D eigenvalue weighted by Gasteiger charge is 2.50. The Bertz CT molecular complexity index is 500. The minimum atomic E-state index is -0.429. The minimum Gasteiger partial charge on any atom is -0.441 e. The Balaban J connectivity index is 1.21. The summed E-state index contributed by atoms with van der Waals surface area (Å²) in [7, 11) is 0. The molecule has 4 atom stereocenters. The first-order valence-electron chi connectivity index (χ1n) is 11.0. The van der Waals surface area contributed by atoms with E-state index in [1.807, 2.05) is 0 Å². The van der Waals surface area contributed by atoms with E-state index in [2.05, 4.69) is 16.0 Å². The van der Waals surface area contributed by atoms with Crippen molar-refractivity contribution < 1.29 is 23.8 Å². The van der Waals surface area contributed by atoms with Crippen molar-refractivity contribution in [2.24, 2.45) is 0 Å². The molecule has 0 aromatic heterocycles. The second-order valence-electron chi connectivity index (χ2n) is 8.58. The van der Waals surface area contributed by atoms with Crippen LogP contribution in [0, 0.1) is 0 Å². The molecule has 2 aliphatic heterocycles. The summed E-state index contributed by atoms with van der Waals surface area (Å²) in [6.07, 6.45) is 9.85. The number of carbonyl (C=O) groups is 2. The number of amides is 3. The Labute approximate surface area is 166 Å². The lowest BCUT2D eigenvalue weighted by Crippen LogP contribution is -2.51. The molecule has 0 aromatic rings. The second-order valence-corrected chi connectivity index (χ2v) is 8.58. The summed E-state index contributed by atoms with van der Waals surface area (Å²) in [6.45, 7) is 0.674. The van der Waals surface area contributed by atoms with E-state index < -0.39 is 12.2 Å². The highest BCUT2D eigenvalue weighted by molar-refractivity contribution is 5.74. The van der Waals surface area contributed by atoms with E-state index in [0.29, 0.717) is 13.2 Å². The first kappa shape index (κ1) is 19.8. The van der Waals surface area contributed by atoms with Gasteiger partial charge in [-0.15, -0.1) is 0 Å². The van der Waals surface area contributed by atoms with E-state index in [9.17, 15) is 9.59 Å². The van der Waals surface area contributed by atoms with Gasteiger partial charge in [-0.3, -0.25) is 0 Å². The molecule has 158 valence electrons. The van der Waals surface area contributed by atoms with Crippen LogP contribution in [0.25, 0.3) is 0 Å². The number of rotatable bonds is 4. The van der Waals surface area contributed by atoms with Gasteiger partial charge in [0.25, 0.3) is 0 Å². The summed E-state index contributed by atoms with van der Waals surface area (Å²) in [5.41, 5.74) is 0. The zero-order chi connectivity index (χ0) is 19.3. The molecule has 8 nitrogen and oxygen atoms in total. The normalized spacial score (nSPS) is 33.9. The molecule has 2 saturated heterocycles. The first-order chi connectivity index (χ1) is 13.7. The molecule has 28 heavy (non-hydrogen) atoms. The van der Waals surface area contributed by atoms with Crippen molar-refractivity contribution in [1.29, 1.82) is 0 Å². The van der Waals surface area contributed by atoms with Gasteiger partial charge >= 0.3 is 12.1 Å². The van der Waals surface area contributed by atoms with Crippen LogP contribution in [0.4, 0.5) is 9.59 Å². The zero-order valence-electron chi connectivity index (χ0n) is 16.5. The van der Waals surface area contributed by atoms with Gasteiger partial charge in [0.2, 0.25) is 0 Å². The van der Waals surface area contributed by atoms with Crippen LogP contribution in [0.2, 0.25) is 0 Å². The fraction of sp³-hybridized carbons (Fsp3) is 0.900. The van der Waals surface area contributed by atoms with Gasteiger partial charge in [-0.1, -0.05) is 38.5 Å². The average molecular weight is 396 g/mol. The lowest BCUT2D eigenvalue weighted by atomic mass is 9.96. The van der Waals surface area contributed by atoms with E-state index >= 15 is 0 Å². The summed E-state index contributed by atoms with van der Waals surface area (Å²) in [6, 6.07) is 0.0884. The Kier molecular flexibility index (Phi) is 6.57. The highest BCUT2D eigenvalue weighted by atomic mass is 16.6. The summed E-state index contributed by atoms with van der Waals surface area (Å²) in [4.78, 5) is 24.5. The lowest BCUT2D eigenvalue weighted by Gasteiger charge is -2.25. The number of hydrogen-bond acceptors (Lipinski definition) is 5. The summed E-state index contributed by atoms with van der Waals surface area (Å²) >= 11 is 0. The maximum absolute atomic E-state index is 12.3. The Morgan fingerprint density at radius 3 is 2.00 bits per heavy atom. The van der Waals surface area contributed by atoms with Crippen molar-refractivity contribution >= 4 is 12.1 Å². The number of fused-ring (bicyclic) bond motifs is 1. The lowest BCUT2D eigenvalue weighted by molar-refractivity contribution is 0.00269. The van der Waals surface area contributed by atoms with Gasteiger partial charge in [0.1, 0.15) is 12.2 Å². The molecule has 4 unspecified atom stereocenters. The summed E-state index contributed by atoms with van der Waals surface area (Å²) in [5.74, 6) is 0. The molecule has 2 saturated carbocycles. The Hall–Kier alpha value is -1.54. The number of carbonyl (C=O) groups excluding carboxylic acids is 2. The standard InChI is InChI=1S/C20H33N3O5/c24-19(21-13-7-3-1-4-8-13)23-15-11-26-18-16(12-27-17(15)18)28-20(25)22-14-9-5-2-6-10-14/h13-18H,1-12H2,(H,22,25)(H2,21,23,24). The molecular formula is C20H33N3O5. The van der Waals surface area contributed by atoms with Gasteiger partial charge in [-0.25, -0.2) is 9.59 Å². The van der Waals surface area contributed by atoms with E-state index in [1.54, 1.807) is 0 Å². The van der Waals surface area contributed by atoms with Crippen LogP contribution in [-0.4, -0.2) is 61.8 Å². The summed E-state index contributed by atoms with van der Waals surface area (Å²) in [5, 5.41) is 9.00. The fourth-order valence-electron chi connectivity index (χ4n) is 4.92. The largest absolute Gasteiger partial charge is 0.441 e. The van der Waals surface area contributed by atoms with Gasteiger partial charge < -0.3 is 30.2 Å². The Morgan fingerprint density at radius 1 is 0.714 bits per heavy atom. The SMILES string of the molecule is O=C(NC1CCCCC1)NC1COC2C(OC(=O)NC3CCCCC3)COC12. The van der Waals surface area contributed by atoms with Gasteiger partial charge in [0, 0.05) is 12.1 Å². The van der Waals surface area contributed by atoms with E-state index in [-0.39, 0.29) is 36.4 Å². The molecular weight excluding hydrogens is 362 g/mol. The first-order valence-corrected chi connectivity index (χ1v) is 11.0. The number of ether oxygens (including phenoxy) is 3. The third kappa shape index (κ3) is 4.89. The maximum Gasteiger partial charge on any atom is 0.407 e. The predicted octanol–water partition coefficient (Wildman–Crippen LogP) is 2.21. The molecule has 2 heterocycles. The van der Waals surface area contributed by atoms with Crippen LogP contribution in [0.15, 0.2) is 0 Å². The quantitative estimate of drug-likeness (QED) is 0.678. The Morgan fingerprint density at radius 2 is 1.32 bits per heavy atom. The topological polar surface area (TPSA) is 97.9 Å². The highest BCUT2D eigenvalue weighted by Crippen LogP contribution is 2.29. The number of nitrogens with one attached hydrogen (secondary N) is 3. The van der Waals surface area contributed by atoms with Crippen LogP contribution in [0.5, 0.6) is 0 Å². The molecule has 8 heteroatoms. The fourth-order valence-corrected chi connectivity index (χ4v) is 4.92. The molecule has 0 bridgehead atoms. The molecule has 0 radical (unpaired) electrons. The smallest absolute Gasteiger partial charge is 0.407 e. The monoisotopic (exact) mass is 395 g/mol. The molecule has 3 N–H and O–H groups in total. The van der Waals surface area contributed by atoms with Gasteiger partial charge in [-0.05, 0) is 25.7 Å².